The smallest absolute Gasteiger partial charge is 0.123 e. The van der Waals surface area contributed by atoms with E-state index in [4.69, 9.17) is 0 Å². The monoisotopic (exact) mass is 280 g/mol. The largest absolute Gasteiger partial charge is 0.389 e. The molecule has 1 aliphatic heterocycles. The number of halogens is 1. The van der Waals surface area contributed by atoms with Crippen LogP contribution in [0, 0.1) is 5.82 Å². The minimum atomic E-state index is -0.654. The van der Waals surface area contributed by atoms with Crippen LogP contribution < -0.4 is 4.90 Å². The number of hydrogen-bond donors (Lipinski definition) is 1. The Kier molecular flexibility index (Phi) is 5.00. The van der Waals surface area contributed by atoms with Crippen LogP contribution in [0.4, 0.5) is 10.1 Å². The van der Waals surface area contributed by atoms with Crippen molar-refractivity contribution in [1.29, 1.82) is 0 Å². The fourth-order valence-corrected chi connectivity index (χ4v) is 3.03. The number of benzene rings is 1. The SMILES string of the molecule is CCC1CN(C)CCCN1c1ccc(F)cc1C(C)O. The number of aliphatic hydroxyl groups excluding tert-OH is 1. The number of likely N-dealkylation sites (N-methyl/N-ethyl adjacent to an activating group) is 1. The summed E-state index contributed by atoms with van der Waals surface area (Å²) in [5.41, 5.74) is 1.66. The molecule has 0 aliphatic carbocycles. The third-order valence-electron chi connectivity index (χ3n) is 4.12. The van der Waals surface area contributed by atoms with Crippen LogP contribution in [0.5, 0.6) is 0 Å². The predicted molar refractivity (Wildman–Crippen MR) is 80.6 cm³/mol. The highest BCUT2D eigenvalue weighted by molar-refractivity contribution is 5.55. The summed E-state index contributed by atoms with van der Waals surface area (Å²) in [6.45, 7) is 6.92. The molecule has 1 aromatic rings. The van der Waals surface area contributed by atoms with E-state index >= 15 is 0 Å². The molecule has 3 nitrogen and oxygen atoms in total. The summed E-state index contributed by atoms with van der Waals surface area (Å²) >= 11 is 0. The lowest BCUT2D eigenvalue weighted by Gasteiger charge is -2.34. The number of nitrogens with zero attached hydrogens (tertiary/aromatic N) is 2. The van der Waals surface area contributed by atoms with Crippen molar-refractivity contribution in [3.05, 3.63) is 29.6 Å². The summed E-state index contributed by atoms with van der Waals surface area (Å²) in [7, 11) is 2.15. The zero-order valence-corrected chi connectivity index (χ0v) is 12.6. The lowest BCUT2D eigenvalue weighted by molar-refractivity contribution is 0.199. The first-order valence-corrected chi connectivity index (χ1v) is 7.45. The Morgan fingerprint density at radius 1 is 1.40 bits per heavy atom. The summed E-state index contributed by atoms with van der Waals surface area (Å²) in [5.74, 6) is -0.287. The minimum Gasteiger partial charge on any atom is -0.389 e. The molecule has 1 heterocycles. The lowest BCUT2D eigenvalue weighted by Crippen LogP contribution is -2.40. The van der Waals surface area contributed by atoms with Gasteiger partial charge in [-0.3, -0.25) is 0 Å². The Bertz CT molecular complexity index is 450. The standard InChI is InChI=1S/C16H25FN2O/c1-4-14-11-18(3)8-5-9-19(14)16-7-6-13(17)10-15(16)12(2)20/h6-7,10,12,14,20H,4-5,8-9,11H2,1-3H3. The Hall–Kier alpha value is -1.13. The lowest BCUT2D eigenvalue weighted by atomic mass is 10.0. The van der Waals surface area contributed by atoms with Gasteiger partial charge in [-0.25, -0.2) is 4.39 Å². The van der Waals surface area contributed by atoms with Crippen molar-refractivity contribution in [1.82, 2.24) is 4.90 Å². The second-order valence-electron chi connectivity index (χ2n) is 5.75. The summed E-state index contributed by atoms with van der Waals surface area (Å²) in [4.78, 5) is 4.69. The van der Waals surface area contributed by atoms with Crippen LogP contribution in [0.25, 0.3) is 0 Å². The molecule has 20 heavy (non-hydrogen) atoms. The minimum absolute atomic E-state index is 0.287. The van der Waals surface area contributed by atoms with E-state index in [1.165, 1.54) is 12.1 Å². The number of rotatable bonds is 3. The van der Waals surface area contributed by atoms with E-state index in [2.05, 4.69) is 23.8 Å². The Morgan fingerprint density at radius 3 is 2.80 bits per heavy atom. The van der Waals surface area contributed by atoms with E-state index in [9.17, 15) is 9.50 Å². The molecule has 0 bridgehead atoms. The number of hydrogen-bond acceptors (Lipinski definition) is 3. The fourth-order valence-electron chi connectivity index (χ4n) is 3.03. The van der Waals surface area contributed by atoms with E-state index < -0.39 is 6.10 Å². The molecule has 0 aromatic heterocycles. The molecule has 0 spiro atoms. The first-order chi connectivity index (χ1) is 9.52. The van der Waals surface area contributed by atoms with E-state index in [0.29, 0.717) is 11.6 Å². The van der Waals surface area contributed by atoms with Crippen molar-refractivity contribution in [3.8, 4) is 0 Å². The molecule has 1 aliphatic rings. The van der Waals surface area contributed by atoms with Gasteiger partial charge in [-0.15, -0.1) is 0 Å². The van der Waals surface area contributed by atoms with E-state index in [1.54, 1.807) is 6.92 Å². The highest BCUT2D eigenvalue weighted by Gasteiger charge is 2.25. The fraction of sp³-hybridized carbons (Fsp3) is 0.625. The van der Waals surface area contributed by atoms with Gasteiger partial charge in [-0.05, 0) is 51.6 Å². The third kappa shape index (κ3) is 3.30. The van der Waals surface area contributed by atoms with Gasteiger partial charge in [0.1, 0.15) is 5.82 Å². The Morgan fingerprint density at radius 2 is 2.15 bits per heavy atom. The van der Waals surface area contributed by atoms with E-state index in [1.807, 2.05) is 6.07 Å². The molecule has 1 saturated heterocycles. The van der Waals surface area contributed by atoms with Crippen LogP contribution in [0.2, 0.25) is 0 Å². The first kappa shape index (κ1) is 15.3. The quantitative estimate of drug-likeness (QED) is 0.922. The normalized spacial score (nSPS) is 22.6. The molecular weight excluding hydrogens is 255 g/mol. The summed E-state index contributed by atoms with van der Waals surface area (Å²) in [6, 6.07) is 5.17. The maximum absolute atomic E-state index is 13.5. The maximum atomic E-state index is 13.5. The van der Waals surface area contributed by atoms with Gasteiger partial charge in [-0.2, -0.15) is 0 Å². The van der Waals surface area contributed by atoms with Crippen LogP contribution in [-0.4, -0.2) is 42.7 Å². The highest BCUT2D eigenvalue weighted by Crippen LogP contribution is 2.30. The summed E-state index contributed by atoms with van der Waals surface area (Å²) < 4.78 is 13.5. The second kappa shape index (κ2) is 6.55. The molecule has 112 valence electrons. The van der Waals surface area contributed by atoms with Gasteiger partial charge < -0.3 is 14.9 Å². The van der Waals surface area contributed by atoms with Gasteiger partial charge in [0, 0.05) is 30.4 Å². The van der Waals surface area contributed by atoms with Gasteiger partial charge in [0.25, 0.3) is 0 Å². The second-order valence-corrected chi connectivity index (χ2v) is 5.75. The van der Waals surface area contributed by atoms with Gasteiger partial charge in [0.15, 0.2) is 0 Å². The molecule has 0 radical (unpaired) electrons. The van der Waals surface area contributed by atoms with Crippen LogP contribution in [0.1, 0.15) is 38.4 Å². The Balaban J connectivity index is 2.37. The molecule has 2 unspecified atom stereocenters. The molecule has 0 amide bonds. The van der Waals surface area contributed by atoms with Gasteiger partial charge >= 0.3 is 0 Å². The van der Waals surface area contributed by atoms with Crippen LogP contribution in [-0.2, 0) is 0 Å². The van der Waals surface area contributed by atoms with Crippen molar-refractivity contribution in [2.75, 3.05) is 31.6 Å². The van der Waals surface area contributed by atoms with Gasteiger partial charge in [-0.1, -0.05) is 6.92 Å². The predicted octanol–water partition coefficient (Wildman–Crippen LogP) is 2.80. The molecule has 2 rings (SSSR count). The third-order valence-corrected chi connectivity index (χ3v) is 4.12. The molecule has 1 aromatic carbocycles. The van der Waals surface area contributed by atoms with Gasteiger partial charge in [0.05, 0.1) is 6.10 Å². The number of aliphatic hydroxyl groups is 1. The molecular formula is C16H25FN2O. The van der Waals surface area contributed by atoms with E-state index in [0.717, 1.165) is 38.2 Å². The van der Waals surface area contributed by atoms with Gasteiger partial charge in [0.2, 0.25) is 0 Å². The van der Waals surface area contributed by atoms with E-state index in [-0.39, 0.29) is 5.82 Å². The molecule has 4 heteroatoms. The van der Waals surface area contributed by atoms with Crippen LogP contribution >= 0.6 is 0 Å². The summed E-state index contributed by atoms with van der Waals surface area (Å²) in [6.07, 6.45) is 1.48. The highest BCUT2D eigenvalue weighted by atomic mass is 19.1. The van der Waals surface area contributed by atoms with Crippen molar-refractivity contribution >= 4 is 5.69 Å². The average molecular weight is 280 g/mol. The molecule has 1 fully saturated rings. The van der Waals surface area contributed by atoms with Crippen LogP contribution in [0.3, 0.4) is 0 Å². The topological polar surface area (TPSA) is 26.7 Å². The average Bonchev–Trinajstić information content (AvgIpc) is 2.60. The van der Waals surface area contributed by atoms with Crippen molar-refractivity contribution in [3.63, 3.8) is 0 Å². The Labute approximate surface area is 121 Å². The maximum Gasteiger partial charge on any atom is 0.123 e. The number of anilines is 1. The van der Waals surface area contributed by atoms with Crippen LogP contribution in [0.15, 0.2) is 18.2 Å². The van der Waals surface area contributed by atoms with Crippen molar-refractivity contribution < 1.29 is 9.50 Å². The summed E-state index contributed by atoms with van der Waals surface area (Å²) in [5, 5.41) is 9.94. The zero-order chi connectivity index (χ0) is 14.7. The zero-order valence-electron chi connectivity index (χ0n) is 12.6. The van der Waals surface area contributed by atoms with Crippen molar-refractivity contribution in [2.45, 2.75) is 38.8 Å². The van der Waals surface area contributed by atoms with Crippen molar-refractivity contribution in [2.24, 2.45) is 0 Å². The first-order valence-electron chi connectivity index (χ1n) is 7.45. The molecule has 2 atom stereocenters. The molecule has 0 saturated carbocycles. The molecule has 1 N–H and O–H groups in total.